The van der Waals surface area contributed by atoms with Gasteiger partial charge in [0.1, 0.15) is 22.5 Å². The van der Waals surface area contributed by atoms with Gasteiger partial charge in [-0.25, -0.2) is 4.98 Å². The average Bonchev–Trinajstić information content (AvgIpc) is 3.06. The molecule has 0 spiro atoms. The minimum atomic E-state index is -0.789. The summed E-state index contributed by atoms with van der Waals surface area (Å²) in [6, 6.07) is 21.3. The monoisotopic (exact) mass is 389 g/mol. The molecule has 0 fully saturated rings. The number of rotatable bonds is 4. The molecule has 4 rings (SSSR count). The lowest BCUT2D eigenvalue weighted by Crippen LogP contribution is -2.18. The number of hydrogen-bond donors (Lipinski definition) is 1. The number of hydrogen-bond acceptors (Lipinski definition) is 2. The molecule has 0 saturated heterocycles. The van der Waals surface area contributed by atoms with Gasteiger partial charge < -0.3 is 5.32 Å². The number of carbonyl (C=O) groups excluding carboxylic acids is 1. The number of nitrogens with zero attached hydrogens (tertiary/aromatic N) is 2. The molecular weight excluding hydrogens is 370 g/mol. The summed E-state index contributed by atoms with van der Waals surface area (Å²) in [6.07, 6.45) is 1.88. The molecule has 2 aromatic heterocycles. The third-order valence-corrected chi connectivity index (χ3v) is 5.04. The van der Waals surface area contributed by atoms with Crippen molar-refractivity contribution in [2.75, 3.05) is 5.32 Å². The fourth-order valence-corrected chi connectivity index (χ4v) is 3.58. The molecule has 0 aliphatic carbocycles. The highest BCUT2D eigenvalue weighted by Crippen LogP contribution is 2.31. The lowest BCUT2D eigenvalue weighted by molar-refractivity contribution is -0.116. The van der Waals surface area contributed by atoms with Crippen LogP contribution in [0.2, 0.25) is 0 Å². The molecule has 28 heavy (non-hydrogen) atoms. The van der Waals surface area contributed by atoms with E-state index in [-0.39, 0.29) is 5.91 Å². The van der Waals surface area contributed by atoms with Gasteiger partial charge in [-0.05, 0) is 43.7 Å². The number of aromatic nitrogens is 2. The van der Waals surface area contributed by atoms with Crippen LogP contribution >= 0.6 is 11.6 Å². The molecule has 5 heteroatoms. The normalized spacial score (nSPS) is 12.1. The lowest BCUT2D eigenvalue weighted by Gasteiger charge is -2.12. The summed E-state index contributed by atoms with van der Waals surface area (Å²) in [5.74, 6) is 0.330. The van der Waals surface area contributed by atoms with Gasteiger partial charge in [0.15, 0.2) is 0 Å². The lowest BCUT2D eigenvalue weighted by atomic mass is 10.0. The summed E-state index contributed by atoms with van der Waals surface area (Å²) in [4.78, 5) is 17.6. The SMILES string of the molecule is Cc1cc(C)cc(-c2nc3ccccn3c2NC(=O)C(Cl)c2ccccc2)c1. The molecule has 1 N–H and O–H groups in total. The van der Waals surface area contributed by atoms with Gasteiger partial charge in [-0.15, -0.1) is 11.6 Å². The zero-order chi connectivity index (χ0) is 19.7. The van der Waals surface area contributed by atoms with Crippen molar-refractivity contribution in [1.29, 1.82) is 0 Å². The van der Waals surface area contributed by atoms with Gasteiger partial charge in [-0.3, -0.25) is 9.20 Å². The third-order valence-electron chi connectivity index (χ3n) is 4.59. The van der Waals surface area contributed by atoms with E-state index in [2.05, 4.69) is 37.4 Å². The Labute approximate surface area is 168 Å². The second-order valence-electron chi connectivity index (χ2n) is 6.88. The van der Waals surface area contributed by atoms with E-state index < -0.39 is 5.38 Å². The van der Waals surface area contributed by atoms with Crippen molar-refractivity contribution >= 4 is 29.0 Å². The molecule has 140 valence electrons. The number of benzene rings is 2. The number of halogens is 1. The molecule has 4 nitrogen and oxygen atoms in total. The van der Waals surface area contributed by atoms with E-state index in [1.807, 2.05) is 59.1 Å². The van der Waals surface area contributed by atoms with Crippen LogP contribution in [-0.4, -0.2) is 15.3 Å². The van der Waals surface area contributed by atoms with E-state index in [4.69, 9.17) is 16.6 Å². The van der Waals surface area contributed by atoms with Crippen LogP contribution < -0.4 is 5.32 Å². The maximum atomic E-state index is 12.9. The molecule has 4 aromatic rings. The van der Waals surface area contributed by atoms with Crippen molar-refractivity contribution in [2.45, 2.75) is 19.2 Å². The fraction of sp³-hybridized carbons (Fsp3) is 0.130. The zero-order valence-corrected chi connectivity index (χ0v) is 16.4. The third kappa shape index (κ3) is 3.51. The molecule has 1 amide bonds. The van der Waals surface area contributed by atoms with Gasteiger partial charge in [0.2, 0.25) is 5.91 Å². The largest absolute Gasteiger partial charge is 0.308 e. The van der Waals surface area contributed by atoms with Crippen LogP contribution in [0.3, 0.4) is 0 Å². The molecule has 2 heterocycles. The number of imidazole rings is 1. The highest BCUT2D eigenvalue weighted by molar-refractivity contribution is 6.32. The number of pyridine rings is 1. The van der Waals surface area contributed by atoms with Crippen molar-refractivity contribution in [3.05, 3.63) is 89.6 Å². The Kier molecular flexibility index (Phi) is 4.88. The maximum absolute atomic E-state index is 12.9. The molecule has 0 bridgehead atoms. The van der Waals surface area contributed by atoms with E-state index >= 15 is 0 Å². The Morgan fingerprint density at radius 3 is 2.39 bits per heavy atom. The standard InChI is InChI=1S/C23H20ClN3O/c1-15-12-16(2)14-18(13-15)21-22(27-11-7-6-10-19(27)25-21)26-23(28)20(24)17-8-4-3-5-9-17/h3-14,20H,1-2H3,(H,26,28). The predicted molar refractivity (Wildman–Crippen MR) is 114 cm³/mol. The highest BCUT2D eigenvalue weighted by atomic mass is 35.5. The van der Waals surface area contributed by atoms with E-state index in [0.717, 1.165) is 33.6 Å². The van der Waals surface area contributed by atoms with Crippen LogP contribution in [0.15, 0.2) is 72.9 Å². The summed E-state index contributed by atoms with van der Waals surface area (Å²) in [5, 5.41) is 2.21. The van der Waals surface area contributed by atoms with Crippen LogP contribution in [0.1, 0.15) is 22.1 Å². The molecule has 2 aromatic carbocycles. The van der Waals surface area contributed by atoms with E-state index in [1.165, 1.54) is 0 Å². The van der Waals surface area contributed by atoms with Crippen molar-refractivity contribution in [2.24, 2.45) is 0 Å². The molecule has 1 unspecified atom stereocenters. The van der Waals surface area contributed by atoms with E-state index in [9.17, 15) is 4.79 Å². The maximum Gasteiger partial charge on any atom is 0.248 e. The average molecular weight is 390 g/mol. The Bertz CT molecular complexity index is 1130. The van der Waals surface area contributed by atoms with Gasteiger partial charge in [0.25, 0.3) is 0 Å². The second-order valence-corrected chi connectivity index (χ2v) is 7.31. The summed E-state index contributed by atoms with van der Waals surface area (Å²) >= 11 is 6.43. The molecule has 0 aliphatic rings. The summed E-state index contributed by atoms with van der Waals surface area (Å²) in [5.41, 5.74) is 5.49. The van der Waals surface area contributed by atoms with Crippen molar-refractivity contribution in [3.8, 4) is 11.3 Å². The van der Waals surface area contributed by atoms with Gasteiger partial charge in [-0.2, -0.15) is 0 Å². The van der Waals surface area contributed by atoms with E-state index in [1.54, 1.807) is 0 Å². The van der Waals surface area contributed by atoms with Crippen LogP contribution in [0.25, 0.3) is 16.9 Å². The Hall–Kier alpha value is -3.11. The Balaban J connectivity index is 1.78. The number of anilines is 1. The van der Waals surface area contributed by atoms with Crippen LogP contribution in [0.4, 0.5) is 5.82 Å². The van der Waals surface area contributed by atoms with E-state index in [0.29, 0.717) is 5.82 Å². The molecule has 0 saturated carbocycles. The van der Waals surface area contributed by atoms with Gasteiger partial charge in [0, 0.05) is 11.8 Å². The second kappa shape index (κ2) is 7.49. The number of fused-ring (bicyclic) bond motifs is 1. The smallest absolute Gasteiger partial charge is 0.248 e. The summed E-state index contributed by atoms with van der Waals surface area (Å²) in [7, 11) is 0. The van der Waals surface area contributed by atoms with Crippen molar-refractivity contribution in [1.82, 2.24) is 9.38 Å². The van der Waals surface area contributed by atoms with Gasteiger partial charge in [-0.1, -0.05) is 53.6 Å². The van der Waals surface area contributed by atoms with Crippen LogP contribution in [-0.2, 0) is 4.79 Å². The quantitative estimate of drug-likeness (QED) is 0.466. The first-order valence-corrected chi connectivity index (χ1v) is 9.52. The topological polar surface area (TPSA) is 46.4 Å². The molecular formula is C23H20ClN3O. The van der Waals surface area contributed by atoms with Crippen LogP contribution in [0, 0.1) is 13.8 Å². The first-order chi connectivity index (χ1) is 13.5. The van der Waals surface area contributed by atoms with Crippen molar-refractivity contribution < 1.29 is 4.79 Å². The number of carbonyl (C=O) groups is 1. The fourth-order valence-electron chi connectivity index (χ4n) is 3.38. The minimum absolute atomic E-state index is 0.288. The highest BCUT2D eigenvalue weighted by Gasteiger charge is 2.22. The summed E-state index contributed by atoms with van der Waals surface area (Å²) < 4.78 is 1.87. The number of nitrogens with one attached hydrogen (secondary N) is 1. The summed E-state index contributed by atoms with van der Waals surface area (Å²) in [6.45, 7) is 4.10. The molecule has 0 aliphatic heterocycles. The first-order valence-electron chi connectivity index (χ1n) is 9.08. The zero-order valence-electron chi connectivity index (χ0n) is 15.7. The van der Waals surface area contributed by atoms with Crippen molar-refractivity contribution in [3.63, 3.8) is 0 Å². The molecule has 0 radical (unpaired) electrons. The minimum Gasteiger partial charge on any atom is -0.308 e. The Morgan fingerprint density at radius 1 is 1.00 bits per heavy atom. The van der Waals surface area contributed by atoms with Gasteiger partial charge >= 0.3 is 0 Å². The number of amides is 1. The molecule has 1 atom stereocenters. The number of alkyl halides is 1. The number of aryl methyl sites for hydroxylation is 2. The first kappa shape index (κ1) is 18.3. The van der Waals surface area contributed by atoms with Gasteiger partial charge in [0.05, 0.1) is 0 Å². The predicted octanol–water partition coefficient (Wildman–Crippen LogP) is 5.54. The van der Waals surface area contributed by atoms with Crippen LogP contribution in [0.5, 0.6) is 0 Å². The Morgan fingerprint density at radius 2 is 1.68 bits per heavy atom.